The molecule has 2 heterocycles. The van der Waals surface area contributed by atoms with E-state index in [1.807, 2.05) is 0 Å². The molecule has 1 aromatic rings. The first-order valence-electron chi connectivity index (χ1n) is 6.61. The van der Waals surface area contributed by atoms with Gasteiger partial charge in [-0.2, -0.15) is 0 Å². The molecule has 7 nitrogen and oxygen atoms in total. The molecule has 21 heavy (non-hydrogen) atoms. The number of carbonyl (C=O) groups excluding carboxylic acids is 1. The Morgan fingerprint density at radius 3 is 2.90 bits per heavy atom. The zero-order valence-electron chi connectivity index (χ0n) is 10.9. The molecular weight excluding hydrogens is 278 g/mol. The maximum Gasteiger partial charge on any atom is 0.256 e. The van der Waals surface area contributed by atoms with Gasteiger partial charge in [0.15, 0.2) is 11.5 Å². The first-order valence-corrected chi connectivity index (χ1v) is 6.61. The molecule has 0 saturated carbocycles. The summed E-state index contributed by atoms with van der Waals surface area (Å²) < 4.78 is 10.4. The van der Waals surface area contributed by atoms with Crippen LogP contribution in [0.5, 0.6) is 17.2 Å². The topological polar surface area (TPSA) is 108 Å². The molecule has 1 aliphatic carbocycles. The number of ether oxygens (including phenoxy) is 2. The third-order valence-electron chi connectivity index (χ3n) is 4.11. The van der Waals surface area contributed by atoms with Crippen LogP contribution in [0.3, 0.4) is 0 Å². The summed E-state index contributed by atoms with van der Waals surface area (Å²) in [6.45, 7) is -0.0166. The Bertz CT molecular complexity index is 683. The Labute approximate surface area is 119 Å². The van der Waals surface area contributed by atoms with Crippen LogP contribution in [0.4, 0.5) is 0 Å². The average Bonchev–Trinajstić information content (AvgIpc) is 2.92. The predicted octanol–water partition coefficient (Wildman–Crippen LogP) is -0.258. The maximum atomic E-state index is 12.2. The Morgan fingerprint density at radius 1 is 1.29 bits per heavy atom. The molecule has 4 rings (SSSR count). The number of benzene rings is 1. The van der Waals surface area contributed by atoms with Crippen LogP contribution >= 0.6 is 0 Å². The Kier molecular flexibility index (Phi) is 2.45. The summed E-state index contributed by atoms with van der Waals surface area (Å²) in [6.07, 6.45) is 0.0114. The molecular formula is C14H13NO6. The second kappa shape index (κ2) is 4.12. The average molecular weight is 291 g/mol. The summed E-state index contributed by atoms with van der Waals surface area (Å²) in [6, 6.07) is 0.924. The molecule has 0 fully saturated rings. The Balaban J connectivity index is 1.94. The molecule has 1 amide bonds. The number of carbonyl (C=O) groups is 1. The SMILES string of the molecule is O=C1N[C@@H]2C(=CCC(O)C2O)c2cc3c(c(O)c21)OCO3. The molecule has 4 N–H and O–H groups in total. The third kappa shape index (κ3) is 1.58. The van der Waals surface area contributed by atoms with Gasteiger partial charge in [-0.05, 0) is 23.6 Å². The number of phenolic OH excluding ortho intramolecular Hbond substituents is 1. The number of amides is 1. The number of aliphatic hydroxyl groups excluding tert-OH is 2. The zero-order valence-corrected chi connectivity index (χ0v) is 10.9. The van der Waals surface area contributed by atoms with E-state index in [-0.39, 0.29) is 30.3 Å². The first-order chi connectivity index (χ1) is 10.1. The highest BCUT2D eigenvalue weighted by molar-refractivity contribution is 6.07. The lowest BCUT2D eigenvalue weighted by molar-refractivity contribution is 0.00499. The number of hydrogen-bond acceptors (Lipinski definition) is 6. The van der Waals surface area contributed by atoms with Gasteiger partial charge in [-0.25, -0.2) is 0 Å². The van der Waals surface area contributed by atoms with Crippen LogP contribution in [0.15, 0.2) is 12.1 Å². The van der Waals surface area contributed by atoms with Gasteiger partial charge >= 0.3 is 0 Å². The second-order valence-electron chi connectivity index (χ2n) is 5.29. The minimum atomic E-state index is -1.09. The summed E-state index contributed by atoms with van der Waals surface area (Å²) in [5.74, 6) is -0.269. The quantitative estimate of drug-likeness (QED) is 0.524. The van der Waals surface area contributed by atoms with Gasteiger partial charge in [0, 0.05) is 0 Å². The Hall–Kier alpha value is -2.25. The molecule has 7 heteroatoms. The molecule has 110 valence electrons. The lowest BCUT2D eigenvalue weighted by Gasteiger charge is -2.37. The molecule has 2 unspecified atom stereocenters. The summed E-state index contributed by atoms with van der Waals surface area (Å²) in [5.41, 5.74) is 1.26. The number of aromatic hydroxyl groups is 1. The molecule has 0 radical (unpaired) electrons. The van der Waals surface area contributed by atoms with Crippen LogP contribution in [0, 0.1) is 0 Å². The highest BCUT2D eigenvalue weighted by atomic mass is 16.7. The number of rotatable bonds is 0. The van der Waals surface area contributed by atoms with Gasteiger partial charge in [0.1, 0.15) is 6.10 Å². The van der Waals surface area contributed by atoms with Gasteiger partial charge in [-0.1, -0.05) is 6.08 Å². The smallest absolute Gasteiger partial charge is 0.256 e. The molecule has 0 bridgehead atoms. The third-order valence-corrected chi connectivity index (χ3v) is 4.11. The fourth-order valence-electron chi connectivity index (χ4n) is 3.06. The van der Waals surface area contributed by atoms with E-state index in [0.717, 1.165) is 0 Å². The van der Waals surface area contributed by atoms with E-state index in [1.54, 1.807) is 12.1 Å². The van der Waals surface area contributed by atoms with Crippen LogP contribution in [0.2, 0.25) is 0 Å². The first kappa shape index (κ1) is 12.5. The minimum Gasteiger partial charge on any atom is -0.504 e. The van der Waals surface area contributed by atoms with Gasteiger partial charge in [0.2, 0.25) is 12.5 Å². The van der Waals surface area contributed by atoms with Crippen LogP contribution in [-0.4, -0.2) is 46.3 Å². The van der Waals surface area contributed by atoms with Crippen molar-refractivity contribution in [2.24, 2.45) is 0 Å². The normalized spacial score (nSPS) is 29.3. The highest BCUT2D eigenvalue weighted by Crippen LogP contribution is 2.48. The molecule has 3 aliphatic rings. The van der Waals surface area contributed by atoms with E-state index in [4.69, 9.17) is 9.47 Å². The van der Waals surface area contributed by atoms with Gasteiger partial charge < -0.3 is 30.1 Å². The lowest BCUT2D eigenvalue weighted by atomic mass is 9.80. The summed E-state index contributed by atoms with van der Waals surface area (Å²) in [7, 11) is 0. The Morgan fingerprint density at radius 2 is 2.10 bits per heavy atom. The van der Waals surface area contributed by atoms with E-state index in [1.165, 1.54) is 0 Å². The van der Waals surface area contributed by atoms with Crippen molar-refractivity contribution in [3.05, 3.63) is 23.3 Å². The number of phenols is 1. The second-order valence-corrected chi connectivity index (χ2v) is 5.29. The van der Waals surface area contributed by atoms with Gasteiger partial charge in [0.05, 0.1) is 17.7 Å². The predicted molar refractivity (Wildman–Crippen MR) is 70.1 cm³/mol. The number of nitrogens with one attached hydrogen (secondary N) is 1. The monoisotopic (exact) mass is 291 g/mol. The molecule has 0 saturated heterocycles. The van der Waals surface area contributed by atoms with E-state index in [2.05, 4.69) is 5.32 Å². The lowest BCUT2D eigenvalue weighted by Crippen LogP contribution is -2.53. The largest absolute Gasteiger partial charge is 0.504 e. The van der Waals surface area contributed by atoms with E-state index >= 15 is 0 Å². The van der Waals surface area contributed by atoms with Crippen molar-refractivity contribution < 1.29 is 29.6 Å². The van der Waals surface area contributed by atoms with Gasteiger partial charge in [0.25, 0.3) is 5.91 Å². The van der Waals surface area contributed by atoms with Crippen LogP contribution in [0.1, 0.15) is 22.3 Å². The standard InChI is InChI=1S/C14H13NO6/c16-7-2-1-5-6-3-8-13(21-4-20-8)12(18)9(6)14(19)15-10(5)11(7)17/h1,3,7,10-11,16-18H,2,4H2,(H,15,19)/t7?,10-,11?/m1/s1. The fraction of sp³-hybridized carbons (Fsp3) is 0.357. The van der Waals surface area contributed by atoms with E-state index in [0.29, 0.717) is 16.9 Å². The highest BCUT2D eigenvalue weighted by Gasteiger charge is 2.41. The van der Waals surface area contributed by atoms with Crippen molar-refractivity contribution in [2.75, 3.05) is 6.79 Å². The van der Waals surface area contributed by atoms with Crippen molar-refractivity contribution in [3.8, 4) is 17.2 Å². The van der Waals surface area contributed by atoms with Crippen LogP contribution in [0.25, 0.3) is 5.57 Å². The van der Waals surface area contributed by atoms with Gasteiger partial charge in [-0.15, -0.1) is 0 Å². The molecule has 3 atom stereocenters. The summed E-state index contributed by atoms with van der Waals surface area (Å²) in [5, 5.41) is 32.6. The van der Waals surface area contributed by atoms with Crippen LogP contribution in [-0.2, 0) is 0 Å². The zero-order chi connectivity index (χ0) is 14.7. The van der Waals surface area contributed by atoms with Crippen molar-refractivity contribution in [3.63, 3.8) is 0 Å². The van der Waals surface area contributed by atoms with Crippen molar-refractivity contribution in [1.82, 2.24) is 5.32 Å². The van der Waals surface area contributed by atoms with Crippen LogP contribution < -0.4 is 14.8 Å². The molecule has 0 spiro atoms. The summed E-state index contributed by atoms with van der Waals surface area (Å²) in [4.78, 5) is 12.2. The number of aliphatic hydroxyl groups is 2. The fourth-order valence-corrected chi connectivity index (χ4v) is 3.06. The van der Waals surface area contributed by atoms with Gasteiger partial charge in [-0.3, -0.25) is 4.79 Å². The van der Waals surface area contributed by atoms with Crippen molar-refractivity contribution in [2.45, 2.75) is 24.7 Å². The molecule has 0 aromatic heterocycles. The van der Waals surface area contributed by atoms with Crippen molar-refractivity contribution >= 4 is 11.5 Å². The van der Waals surface area contributed by atoms with Crippen molar-refractivity contribution in [1.29, 1.82) is 0 Å². The van der Waals surface area contributed by atoms with E-state index < -0.39 is 24.2 Å². The maximum absolute atomic E-state index is 12.2. The molecule has 2 aliphatic heterocycles. The molecule has 1 aromatic carbocycles. The number of fused-ring (bicyclic) bond motifs is 4. The van der Waals surface area contributed by atoms with E-state index in [9.17, 15) is 20.1 Å². The number of hydrogen-bond donors (Lipinski definition) is 4. The summed E-state index contributed by atoms with van der Waals surface area (Å²) >= 11 is 0. The minimum absolute atomic E-state index is 0.0166.